The summed E-state index contributed by atoms with van der Waals surface area (Å²) in [6.45, 7) is 1.92. The number of hydrogen-bond donors (Lipinski definition) is 0. The fourth-order valence-corrected chi connectivity index (χ4v) is 3.97. The van der Waals surface area contributed by atoms with Crippen molar-refractivity contribution in [3.63, 3.8) is 0 Å². The van der Waals surface area contributed by atoms with Gasteiger partial charge >= 0.3 is 0 Å². The van der Waals surface area contributed by atoms with Crippen LogP contribution < -0.4 is 0 Å². The molecule has 1 atom stereocenters. The molecule has 3 aromatic heterocycles. The third-order valence-electron chi connectivity index (χ3n) is 5.00. The van der Waals surface area contributed by atoms with Crippen LogP contribution in [0.3, 0.4) is 0 Å². The van der Waals surface area contributed by atoms with Crippen molar-refractivity contribution in [2.24, 2.45) is 0 Å². The Hall–Kier alpha value is -2.99. The summed E-state index contributed by atoms with van der Waals surface area (Å²) in [5, 5.41) is 13.9. The van der Waals surface area contributed by atoms with Crippen LogP contribution in [0.25, 0.3) is 16.8 Å². The van der Waals surface area contributed by atoms with Crippen molar-refractivity contribution in [3.8, 4) is 11.1 Å². The maximum Gasteiger partial charge on any atom is 0.185 e. The van der Waals surface area contributed by atoms with Crippen LogP contribution in [0.4, 0.5) is 0 Å². The van der Waals surface area contributed by atoms with Crippen molar-refractivity contribution >= 4 is 23.0 Å². The van der Waals surface area contributed by atoms with Gasteiger partial charge in [0, 0.05) is 23.8 Å². The van der Waals surface area contributed by atoms with Crippen LogP contribution >= 0.6 is 11.6 Å². The molecule has 27 heavy (non-hydrogen) atoms. The monoisotopic (exact) mass is 378 g/mol. The number of aryl methyl sites for hydroxylation is 1. The smallest absolute Gasteiger partial charge is 0.185 e. The van der Waals surface area contributed by atoms with E-state index in [0.29, 0.717) is 29.2 Å². The second kappa shape index (κ2) is 6.03. The summed E-state index contributed by atoms with van der Waals surface area (Å²) in [5.74, 6) is 0.744. The van der Waals surface area contributed by atoms with E-state index >= 15 is 0 Å². The zero-order valence-electron chi connectivity index (χ0n) is 14.5. The zero-order valence-corrected chi connectivity index (χ0v) is 15.3. The molecule has 1 aliphatic carbocycles. The first-order valence-corrected chi connectivity index (χ1v) is 9.07. The second-order valence-corrected chi connectivity index (χ2v) is 7.18. The van der Waals surface area contributed by atoms with Gasteiger partial charge in [0.05, 0.1) is 23.2 Å². The topological polar surface area (TPSA) is 73.3 Å². The lowest BCUT2D eigenvalue weighted by Crippen LogP contribution is -2.24. The molecule has 4 aromatic rings. The van der Waals surface area contributed by atoms with Crippen LogP contribution in [-0.2, 0) is 6.42 Å². The van der Waals surface area contributed by atoms with E-state index in [-0.39, 0.29) is 11.7 Å². The lowest BCUT2D eigenvalue weighted by molar-refractivity contribution is 0.0951. The molecule has 0 aliphatic heterocycles. The van der Waals surface area contributed by atoms with E-state index in [4.69, 9.17) is 16.0 Å². The molecule has 7 heteroatoms. The quantitative estimate of drug-likeness (QED) is 0.521. The lowest BCUT2D eigenvalue weighted by Gasteiger charge is -2.21. The minimum absolute atomic E-state index is 0.0217. The predicted molar refractivity (Wildman–Crippen MR) is 100 cm³/mol. The van der Waals surface area contributed by atoms with E-state index in [1.54, 1.807) is 10.8 Å². The Labute approximate surface area is 159 Å². The molecule has 1 aromatic carbocycles. The number of nitrogens with zero attached hydrogens (tertiary/aromatic N) is 4. The standard InChI is InChI=1S/C20H15ClN4O2/c1-11-18(12-4-2-5-14(21)8-12)20-23-22-19-15(25(20)24-11)9-13(10-16(19)26)17-6-3-7-27-17/h2-8,13H,9-10H2,1H3. The highest BCUT2D eigenvalue weighted by Crippen LogP contribution is 2.34. The van der Waals surface area contributed by atoms with E-state index in [0.717, 1.165) is 28.3 Å². The number of Topliss-reactive ketones (excluding diaryl/α,β-unsaturated/α-hetero) is 1. The van der Waals surface area contributed by atoms with Crippen LogP contribution in [0.15, 0.2) is 47.1 Å². The predicted octanol–water partition coefficient (Wildman–Crippen LogP) is 4.26. The minimum Gasteiger partial charge on any atom is -0.469 e. The first-order valence-electron chi connectivity index (χ1n) is 8.69. The van der Waals surface area contributed by atoms with Crippen molar-refractivity contribution in [1.82, 2.24) is 19.8 Å². The van der Waals surface area contributed by atoms with Gasteiger partial charge in [-0.15, -0.1) is 10.2 Å². The van der Waals surface area contributed by atoms with Gasteiger partial charge in [0.15, 0.2) is 17.1 Å². The van der Waals surface area contributed by atoms with Crippen molar-refractivity contribution in [2.75, 3.05) is 0 Å². The van der Waals surface area contributed by atoms with Gasteiger partial charge in [-0.25, -0.2) is 4.52 Å². The van der Waals surface area contributed by atoms with Gasteiger partial charge < -0.3 is 4.42 Å². The van der Waals surface area contributed by atoms with Gasteiger partial charge in [0.2, 0.25) is 0 Å². The van der Waals surface area contributed by atoms with Crippen molar-refractivity contribution in [3.05, 3.63) is 70.5 Å². The van der Waals surface area contributed by atoms with Crippen LogP contribution in [0.5, 0.6) is 0 Å². The Morgan fingerprint density at radius 1 is 1.19 bits per heavy atom. The molecule has 0 N–H and O–H groups in total. The van der Waals surface area contributed by atoms with Crippen LogP contribution in [0, 0.1) is 6.92 Å². The lowest BCUT2D eigenvalue weighted by atomic mass is 9.87. The summed E-state index contributed by atoms with van der Waals surface area (Å²) in [6.07, 6.45) is 2.61. The molecule has 1 unspecified atom stereocenters. The number of hydrogen-bond acceptors (Lipinski definition) is 5. The van der Waals surface area contributed by atoms with Crippen molar-refractivity contribution in [1.29, 1.82) is 0 Å². The largest absolute Gasteiger partial charge is 0.469 e. The molecule has 0 spiro atoms. The molecule has 0 bridgehead atoms. The zero-order chi connectivity index (χ0) is 18.5. The van der Waals surface area contributed by atoms with E-state index in [9.17, 15) is 4.79 Å². The molecule has 0 fully saturated rings. The minimum atomic E-state index is -0.0375. The highest BCUT2D eigenvalue weighted by molar-refractivity contribution is 6.30. The Balaban J connectivity index is 1.70. The normalized spacial score (nSPS) is 16.7. The molecular formula is C20H15ClN4O2. The van der Waals surface area contributed by atoms with Crippen molar-refractivity contribution in [2.45, 2.75) is 25.7 Å². The average molecular weight is 379 g/mol. The van der Waals surface area contributed by atoms with Gasteiger partial charge in [-0.05, 0) is 36.8 Å². The Morgan fingerprint density at radius 2 is 2.07 bits per heavy atom. The first-order chi connectivity index (χ1) is 13.1. The second-order valence-electron chi connectivity index (χ2n) is 6.75. The number of fused-ring (bicyclic) bond motifs is 3. The fraction of sp³-hybridized carbons (Fsp3) is 0.200. The average Bonchev–Trinajstić information content (AvgIpc) is 3.28. The van der Waals surface area contributed by atoms with Crippen molar-refractivity contribution < 1.29 is 9.21 Å². The molecule has 6 nitrogen and oxygen atoms in total. The molecule has 134 valence electrons. The molecule has 0 saturated carbocycles. The number of furan rings is 1. The number of rotatable bonds is 2. The van der Waals surface area contributed by atoms with Gasteiger partial charge in [0.25, 0.3) is 0 Å². The molecular weight excluding hydrogens is 364 g/mol. The van der Waals surface area contributed by atoms with E-state index in [1.165, 1.54) is 0 Å². The maximum absolute atomic E-state index is 12.6. The molecule has 0 amide bonds. The summed E-state index contributed by atoms with van der Waals surface area (Å²) in [4.78, 5) is 12.6. The Morgan fingerprint density at radius 3 is 2.85 bits per heavy atom. The third kappa shape index (κ3) is 2.56. The Bertz CT molecular complexity index is 1180. The number of aromatic nitrogens is 4. The summed E-state index contributed by atoms with van der Waals surface area (Å²) >= 11 is 6.16. The van der Waals surface area contributed by atoms with Crippen LogP contribution in [-0.4, -0.2) is 25.6 Å². The van der Waals surface area contributed by atoms with E-state index < -0.39 is 0 Å². The van der Waals surface area contributed by atoms with Gasteiger partial charge in [-0.3, -0.25) is 4.79 Å². The first kappa shape index (κ1) is 16.2. The van der Waals surface area contributed by atoms with Gasteiger partial charge in [0.1, 0.15) is 5.76 Å². The van der Waals surface area contributed by atoms with Crippen LogP contribution in [0.2, 0.25) is 5.02 Å². The highest BCUT2D eigenvalue weighted by Gasteiger charge is 2.32. The van der Waals surface area contributed by atoms with Crippen LogP contribution in [0.1, 0.15) is 40.0 Å². The molecule has 5 rings (SSSR count). The molecule has 0 radical (unpaired) electrons. The SMILES string of the molecule is Cc1nn2c3c(nnc2c1-c1cccc(Cl)c1)C(=O)CC(c1ccco1)C3. The number of ketones is 1. The summed E-state index contributed by atoms with van der Waals surface area (Å²) in [6, 6.07) is 11.3. The third-order valence-corrected chi connectivity index (χ3v) is 5.24. The highest BCUT2D eigenvalue weighted by atomic mass is 35.5. The number of benzene rings is 1. The summed E-state index contributed by atoms with van der Waals surface area (Å²) < 4.78 is 7.28. The van der Waals surface area contributed by atoms with E-state index in [1.807, 2.05) is 43.3 Å². The Kier molecular flexibility index (Phi) is 3.62. The maximum atomic E-state index is 12.6. The fourth-order valence-electron chi connectivity index (χ4n) is 3.78. The number of halogens is 1. The molecule has 3 heterocycles. The summed E-state index contributed by atoms with van der Waals surface area (Å²) in [7, 11) is 0. The van der Waals surface area contributed by atoms with Gasteiger partial charge in [-0.1, -0.05) is 23.7 Å². The number of carbonyl (C=O) groups is 1. The summed E-state index contributed by atoms with van der Waals surface area (Å²) in [5.41, 5.74) is 4.41. The molecule has 1 aliphatic rings. The van der Waals surface area contributed by atoms with Gasteiger partial charge in [-0.2, -0.15) is 5.10 Å². The van der Waals surface area contributed by atoms with E-state index in [2.05, 4.69) is 15.3 Å². The molecule has 0 saturated heterocycles. The number of carbonyl (C=O) groups excluding carboxylic acids is 1.